The number of carbonyl (C=O) groups excluding carboxylic acids is 3. The van der Waals surface area contributed by atoms with Crippen LogP contribution in [0.15, 0.2) is 72.8 Å². The second-order valence-electron chi connectivity index (χ2n) is 12.4. The average Bonchev–Trinajstić information content (AvgIpc) is 3.09. The summed E-state index contributed by atoms with van der Waals surface area (Å²) in [5.41, 5.74) is 1.83. The van der Waals surface area contributed by atoms with Crippen LogP contribution in [0.25, 0.3) is 0 Å². The summed E-state index contributed by atoms with van der Waals surface area (Å²) >= 11 is 0. The predicted molar refractivity (Wildman–Crippen MR) is 186 cm³/mol. The molecule has 48 heavy (non-hydrogen) atoms. The van der Waals surface area contributed by atoms with Gasteiger partial charge in [-0.05, 0) is 87.7 Å². The highest BCUT2D eigenvalue weighted by Gasteiger charge is 2.31. The molecule has 0 unspecified atom stereocenters. The van der Waals surface area contributed by atoms with Crippen LogP contribution in [0.5, 0.6) is 11.5 Å². The topological polar surface area (TPSA) is 130 Å². The number of nitrogens with one attached hydrogen (secondary N) is 2. The third kappa shape index (κ3) is 9.95. The zero-order valence-electron chi connectivity index (χ0n) is 28.5. The summed E-state index contributed by atoms with van der Waals surface area (Å²) in [6, 6.07) is 20.0. The Morgan fingerprint density at radius 1 is 1.02 bits per heavy atom. The largest absolute Gasteiger partial charge is 0.497 e. The zero-order valence-corrected chi connectivity index (χ0v) is 28.5. The monoisotopic (exact) mass is 660 g/mol. The number of anilines is 2. The van der Waals surface area contributed by atoms with Crippen LogP contribution in [0.3, 0.4) is 0 Å². The molecule has 4 amide bonds. The molecular weight excluding hydrogens is 612 g/mol. The molecule has 11 heteroatoms. The summed E-state index contributed by atoms with van der Waals surface area (Å²) in [6.45, 7) is 6.55. The normalized spacial score (nSPS) is 19.6. The van der Waals surface area contributed by atoms with Gasteiger partial charge in [-0.3, -0.25) is 9.59 Å². The summed E-state index contributed by atoms with van der Waals surface area (Å²) < 4.78 is 17.8. The standard InChI is InChI=1S/C37H48N4O7/c1-25-22-41(26(2)24-42)36(44)32-21-30(39-37(45)38-29-14-17-31(46-5)18-15-29)16-19-33(32)48-27(3)11-9-10-20-47-34(25)23-40(4)35(43)28-12-7-6-8-13-28/h6-8,12-19,21,25-27,34,42H,9-11,20,22-24H2,1-5H3,(H2,38,39,45)/t25-,26+,27-,34-/m0/s1. The Bertz CT molecular complexity index is 1500. The summed E-state index contributed by atoms with van der Waals surface area (Å²) in [5, 5.41) is 15.8. The fourth-order valence-electron chi connectivity index (χ4n) is 5.58. The van der Waals surface area contributed by atoms with Gasteiger partial charge in [-0.1, -0.05) is 25.1 Å². The minimum absolute atomic E-state index is 0.113. The molecule has 0 aromatic heterocycles. The molecular formula is C37H48N4O7. The van der Waals surface area contributed by atoms with E-state index in [1.165, 1.54) is 0 Å². The van der Waals surface area contributed by atoms with E-state index >= 15 is 0 Å². The number of likely N-dealkylation sites (N-methyl/N-ethyl adjacent to an activating group) is 1. The van der Waals surface area contributed by atoms with Crippen molar-refractivity contribution in [1.82, 2.24) is 9.80 Å². The van der Waals surface area contributed by atoms with E-state index in [4.69, 9.17) is 14.2 Å². The molecule has 0 spiro atoms. The van der Waals surface area contributed by atoms with Gasteiger partial charge in [0.25, 0.3) is 11.8 Å². The molecule has 4 rings (SSSR count). The predicted octanol–water partition coefficient (Wildman–Crippen LogP) is 5.91. The van der Waals surface area contributed by atoms with Gasteiger partial charge in [0.15, 0.2) is 0 Å². The number of fused-ring (bicyclic) bond motifs is 1. The first kappa shape index (κ1) is 36.2. The molecule has 3 N–H and O–H groups in total. The molecule has 0 saturated carbocycles. The van der Waals surface area contributed by atoms with Crippen molar-refractivity contribution in [3.05, 3.63) is 83.9 Å². The van der Waals surface area contributed by atoms with E-state index in [0.717, 1.165) is 19.3 Å². The molecule has 0 fully saturated rings. The highest BCUT2D eigenvalue weighted by molar-refractivity contribution is 6.02. The lowest BCUT2D eigenvalue weighted by atomic mass is 10.0. The van der Waals surface area contributed by atoms with Gasteiger partial charge in [0.1, 0.15) is 11.5 Å². The van der Waals surface area contributed by atoms with E-state index < -0.39 is 12.1 Å². The smallest absolute Gasteiger partial charge is 0.323 e. The van der Waals surface area contributed by atoms with E-state index in [1.807, 2.05) is 32.0 Å². The maximum Gasteiger partial charge on any atom is 0.323 e. The lowest BCUT2D eigenvalue weighted by Gasteiger charge is -2.36. The number of aliphatic hydroxyl groups is 1. The van der Waals surface area contributed by atoms with Gasteiger partial charge in [0.2, 0.25) is 0 Å². The van der Waals surface area contributed by atoms with Crippen molar-refractivity contribution in [2.75, 3.05) is 51.1 Å². The van der Waals surface area contributed by atoms with Crippen LogP contribution < -0.4 is 20.1 Å². The summed E-state index contributed by atoms with van der Waals surface area (Å²) in [5.74, 6) is 0.403. The number of nitrogens with zero attached hydrogens (tertiary/aromatic N) is 2. The fraction of sp³-hybridized carbons (Fsp3) is 0.432. The quantitative estimate of drug-likeness (QED) is 0.274. The van der Waals surface area contributed by atoms with Crippen LogP contribution in [-0.4, -0.2) is 91.5 Å². The third-order valence-corrected chi connectivity index (χ3v) is 8.48. The van der Waals surface area contributed by atoms with Crippen LogP contribution >= 0.6 is 0 Å². The van der Waals surface area contributed by atoms with Crippen LogP contribution in [0, 0.1) is 5.92 Å². The van der Waals surface area contributed by atoms with E-state index in [0.29, 0.717) is 41.6 Å². The fourth-order valence-corrected chi connectivity index (χ4v) is 5.58. The lowest BCUT2D eigenvalue weighted by molar-refractivity contribution is -0.0149. The van der Waals surface area contributed by atoms with Crippen molar-refractivity contribution in [3.8, 4) is 11.5 Å². The highest BCUT2D eigenvalue weighted by Crippen LogP contribution is 2.29. The number of urea groups is 1. The molecule has 1 aliphatic heterocycles. The number of methoxy groups -OCH3 is 1. The Kier molecular flexibility index (Phi) is 13.2. The van der Waals surface area contributed by atoms with Crippen molar-refractivity contribution in [3.63, 3.8) is 0 Å². The molecule has 1 aliphatic rings. The van der Waals surface area contributed by atoms with Crippen molar-refractivity contribution < 1.29 is 33.7 Å². The summed E-state index contributed by atoms with van der Waals surface area (Å²) in [6.07, 6.45) is 1.84. The van der Waals surface area contributed by atoms with Gasteiger partial charge in [0.05, 0.1) is 37.5 Å². The molecule has 3 aromatic carbocycles. The van der Waals surface area contributed by atoms with Crippen molar-refractivity contribution in [2.24, 2.45) is 5.92 Å². The number of ether oxygens (including phenoxy) is 3. The summed E-state index contributed by atoms with van der Waals surface area (Å²) in [7, 11) is 3.32. The number of rotatable bonds is 8. The van der Waals surface area contributed by atoms with Crippen LogP contribution in [-0.2, 0) is 4.74 Å². The second kappa shape index (κ2) is 17.5. The Morgan fingerprint density at radius 3 is 2.40 bits per heavy atom. The van der Waals surface area contributed by atoms with Crippen LogP contribution in [0.2, 0.25) is 0 Å². The number of aliphatic hydroxyl groups excluding tert-OH is 1. The molecule has 11 nitrogen and oxygen atoms in total. The Labute approximate surface area is 283 Å². The van der Waals surface area contributed by atoms with Gasteiger partial charge in [-0.2, -0.15) is 0 Å². The van der Waals surface area contributed by atoms with Gasteiger partial charge in [-0.25, -0.2) is 4.79 Å². The van der Waals surface area contributed by atoms with Crippen LogP contribution in [0.1, 0.15) is 60.7 Å². The Hall–Kier alpha value is -4.61. The number of carbonyl (C=O) groups is 3. The second-order valence-corrected chi connectivity index (χ2v) is 12.4. The van der Waals surface area contributed by atoms with E-state index in [1.54, 1.807) is 85.5 Å². The van der Waals surface area contributed by atoms with Crippen LogP contribution in [0.4, 0.5) is 16.2 Å². The molecule has 0 saturated heterocycles. The zero-order chi connectivity index (χ0) is 34.6. The van der Waals surface area contributed by atoms with Gasteiger partial charge < -0.3 is 39.8 Å². The number of hydrogen-bond donors (Lipinski definition) is 3. The van der Waals surface area contributed by atoms with Gasteiger partial charge in [-0.15, -0.1) is 0 Å². The SMILES string of the molecule is COc1ccc(NC(=O)Nc2ccc3c(c2)C(=O)N([C@H](C)CO)C[C@H](C)[C@H](CN(C)C(=O)c2ccccc2)OCCCC[C@H](C)O3)cc1. The molecule has 1 heterocycles. The lowest BCUT2D eigenvalue weighted by Crippen LogP contribution is -2.48. The van der Waals surface area contributed by atoms with E-state index in [2.05, 4.69) is 10.6 Å². The molecule has 3 aromatic rings. The molecule has 0 aliphatic carbocycles. The van der Waals surface area contributed by atoms with Crippen molar-refractivity contribution in [2.45, 2.75) is 58.3 Å². The summed E-state index contributed by atoms with van der Waals surface area (Å²) in [4.78, 5) is 43.7. The first-order valence-electron chi connectivity index (χ1n) is 16.5. The molecule has 0 radical (unpaired) electrons. The third-order valence-electron chi connectivity index (χ3n) is 8.48. The minimum atomic E-state index is -0.530. The van der Waals surface area contributed by atoms with Gasteiger partial charge >= 0.3 is 6.03 Å². The number of hydrogen-bond acceptors (Lipinski definition) is 7. The van der Waals surface area contributed by atoms with E-state index in [9.17, 15) is 19.5 Å². The molecule has 0 bridgehead atoms. The Balaban J connectivity index is 1.59. The maximum absolute atomic E-state index is 14.4. The first-order valence-corrected chi connectivity index (χ1v) is 16.5. The van der Waals surface area contributed by atoms with Gasteiger partial charge in [0, 0.05) is 49.6 Å². The maximum atomic E-state index is 14.4. The highest BCUT2D eigenvalue weighted by atomic mass is 16.5. The van der Waals surface area contributed by atoms with E-state index in [-0.39, 0.29) is 48.7 Å². The van der Waals surface area contributed by atoms with Crippen molar-refractivity contribution >= 4 is 29.2 Å². The molecule has 4 atom stereocenters. The Morgan fingerprint density at radius 2 is 1.71 bits per heavy atom. The number of benzene rings is 3. The molecule has 258 valence electrons. The number of amides is 4. The first-order chi connectivity index (χ1) is 23.1. The minimum Gasteiger partial charge on any atom is -0.497 e. The average molecular weight is 661 g/mol. The van der Waals surface area contributed by atoms with Crippen molar-refractivity contribution in [1.29, 1.82) is 0 Å².